The van der Waals surface area contributed by atoms with Crippen molar-refractivity contribution in [1.82, 2.24) is 19.7 Å². The number of nitrogens with one attached hydrogen (secondary N) is 1. The van der Waals surface area contributed by atoms with Gasteiger partial charge in [0.15, 0.2) is 16.9 Å². The number of carbonyl (C=O) groups excluding carboxylic acids is 1. The van der Waals surface area contributed by atoms with Gasteiger partial charge in [0, 0.05) is 6.20 Å². The second kappa shape index (κ2) is 9.20. The molecule has 4 rings (SSSR count). The fourth-order valence-corrected chi connectivity index (χ4v) is 3.53. The highest BCUT2D eigenvalue weighted by molar-refractivity contribution is 5.95. The molecule has 9 nitrogen and oxygen atoms in total. The molecule has 0 spiro atoms. The van der Waals surface area contributed by atoms with Crippen LogP contribution in [0.3, 0.4) is 0 Å². The number of halogens is 2. The molecule has 3 heterocycles. The average molecular weight is 472 g/mol. The van der Waals surface area contributed by atoms with Crippen molar-refractivity contribution >= 4 is 11.6 Å². The standard InChI is InChI=1S/C23H22F2N4O5/c1-13-9-26-22(34-13)23(11-30,12-31)28-21(32)19-14(2)27-20-18(7-4-8-29(19)20)33-10-15-16(24)5-3-6-17(15)25/h3-9,30-31H,10-12H2,1-2H3,(H,28,32). The molecule has 34 heavy (non-hydrogen) atoms. The Labute approximate surface area is 192 Å². The normalized spacial score (nSPS) is 11.7. The Balaban J connectivity index is 1.66. The highest BCUT2D eigenvalue weighted by Gasteiger charge is 2.39. The van der Waals surface area contributed by atoms with Gasteiger partial charge < -0.3 is 24.7 Å². The fraction of sp³-hybridized carbons (Fsp3) is 0.261. The summed E-state index contributed by atoms with van der Waals surface area (Å²) in [5.41, 5.74) is -1.24. The second-order valence-electron chi connectivity index (χ2n) is 7.73. The largest absolute Gasteiger partial charge is 0.485 e. The van der Waals surface area contributed by atoms with E-state index in [1.54, 1.807) is 32.2 Å². The zero-order valence-corrected chi connectivity index (χ0v) is 18.4. The van der Waals surface area contributed by atoms with Crippen LogP contribution in [0.4, 0.5) is 8.78 Å². The van der Waals surface area contributed by atoms with Gasteiger partial charge in [-0.2, -0.15) is 0 Å². The number of imidazole rings is 1. The maximum Gasteiger partial charge on any atom is 0.271 e. The first-order valence-electron chi connectivity index (χ1n) is 10.3. The molecular formula is C23H22F2N4O5. The molecule has 3 N–H and O–H groups in total. The van der Waals surface area contributed by atoms with Gasteiger partial charge in [-0.1, -0.05) is 6.07 Å². The van der Waals surface area contributed by atoms with E-state index >= 15 is 0 Å². The van der Waals surface area contributed by atoms with E-state index in [-0.39, 0.29) is 35.2 Å². The van der Waals surface area contributed by atoms with Crippen LogP contribution in [0.25, 0.3) is 5.65 Å². The summed E-state index contributed by atoms with van der Waals surface area (Å²) < 4.78 is 40.4. The van der Waals surface area contributed by atoms with Crippen LogP contribution in [-0.4, -0.2) is 43.7 Å². The lowest BCUT2D eigenvalue weighted by Crippen LogP contribution is -2.52. The number of aliphatic hydroxyl groups is 2. The molecule has 0 fully saturated rings. The number of aromatic nitrogens is 3. The SMILES string of the molecule is Cc1cnc(C(CO)(CO)NC(=O)c2c(C)nc3c(OCc4c(F)cccc4F)cccn23)o1. The molecule has 1 aromatic carbocycles. The van der Waals surface area contributed by atoms with Crippen LogP contribution < -0.4 is 10.1 Å². The van der Waals surface area contributed by atoms with Gasteiger partial charge in [-0.25, -0.2) is 18.7 Å². The van der Waals surface area contributed by atoms with E-state index in [2.05, 4.69) is 15.3 Å². The molecule has 0 aliphatic rings. The lowest BCUT2D eigenvalue weighted by atomic mass is 10.0. The van der Waals surface area contributed by atoms with Crippen LogP contribution in [-0.2, 0) is 12.1 Å². The smallest absolute Gasteiger partial charge is 0.271 e. The van der Waals surface area contributed by atoms with E-state index in [1.807, 2.05) is 0 Å². The predicted octanol–water partition coefficient (Wildman–Crippen LogP) is 2.41. The number of aryl methyl sites for hydroxylation is 2. The summed E-state index contributed by atoms with van der Waals surface area (Å²) in [5, 5.41) is 22.5. The molecule has 0 radical (unpaired) electrons. The van der Waals surface area contributed by atoms with Gasteiger partial charge in [0.1, 0.15) is 29.7 Å². The first-order valence-corrected chi connectivity index (χ1v) is 10.3. The van der Waals surface area contributed by atoms with Gasteiger partial charge >= 0.3 is 0 Å². The average Bonchev–Trinajstić information content (AvgIpc) is 3.40. The van der Waals surface area contributed by atoms with Gasteiger partial charge in [-0.05, 0) is 38.1 Å². The third-order valence-corrected chi connectivity index (χ3v) is 5.36. The van der Waals surface area contributed by atoms with Crippen LogP contribution in [0.15, 0.2) is 47.1 Å². The van der Waals surface area contributed by atoms with Crippen molar-refractivity contribution in [2.45, 2.75) is 26.0 Å². The van der Waals surface area contributed by atoms with Crippen molar-refractivity contribution in [2.24, 2.45) is 0 Å². The summed E-state index contributed by atoms with van der Waals surface area (Å²) in [6, 6.07) is 6.67. The highest BCUT2D eigenvalue weighted by atomic mass is 19.1. The highest BCUT2D eigenvalue weighted by Crippen LogP contribution is 2.26. The molecule has 0 atom stereocenters. The van der Waals surface area contributed by atoms with Gasteiger partial charge in [-0.15, -0.1) is 0 Å². The number of ether oxygens (including phenoxy) is 1. The maximum atomic E-state index is 14.0. The Kier molecular flexibility index (Phi) is 6.31. The Bertz CT molecular complexity index is 1330. The monoisotopic (exact) mass is 472 g/mol. The number of amides is 1. The minimum Gasteiger partial charge on any atom is -0.485 e. The molecule has 0 unspecified atom stereocenters. The molecule has 0 saturated heterocycles. The Hall–Kier alpha value is -3.83. The fourth-order valence-electron chi connectivity index (χ4n) is 3.53. The number of hydrogen-bond acceptors (Lipinski definition) is 7. The number of fused-ring (bicyclic) bond motifs is 1. The molecule has 0 aliphatic heterocycles. The van der Waals surface area contributed by atoms with E-state index in [0.717, 1.165) is 12.1 Å². The van der Waals surface area contributed by atoms with Crippen molar-refractivity contribution < 1.29 is 32.9 Å². The van der Waals surface area contributed by atoms with E-state index in [4.69, 9.17) is 9.15 Å². The molecule has 0 aliphatic carbocycles. The number of oxazole rings is 1. The van der Waals surface area contributed by atoms with Crippen molar-refractivity contribution in [3.05, 3.63) is 83.0 Å². The third-order valence-electron chi connectivity index (χ3n) is 5.36. The van der Waals surface area contributed by atoms with Crippen molar-refractivity contribution in [1.29, 1.82) is 0 Å². The summed E-state index contributed by atoms with van der Waals surface area (Å²) in [6.07, 6.45) is 2.97. The van der Waals surface area contributed by atoms with Crippen LogP contribution in [0.5, 0.6) is 5.75 Å². The number of carbonyl (C=O) groups is 1. The van der Waals surface area contributed by atoms with Crippen molar-refractivity contribution in [3.63, 3.8) is 0 Å². The van der Waals surface area contributed by atoms with Gasteiger partial charge in [0.25, 0.3) is 5.91 Å². The lowest BCUT2D eigenvalue weighted by Gasteiger charge is -2.27. The molecule has 4 aromatic rings. The summed E-state index contributed by atoms with van der Waals surface area (Å²) in [6.45, 7) is 1.51. The molecule has 1 amide bonds. The number of benzene rings is 1. The topological polar surface area (TPSA) is 122 Å². The Morgan fingerprint density at radius 3 is 2.50 bits per heavy atom. The zero-order chi connectivity index (χ0) is 24.5. The minimum absolute atomic E-state index is 0.0502. The second-order valence-corrected chi connectivity index (χ2v) is 7.73. The summed E-state index contributed by atoms with van der Waals surface area (Å²) in [5.74, 6) is -1.55. The molecule has 0 bridgehead atoms. The Morgan fingerprint density at radius 1 is 1.18 bits per heavy atom. The molecular weight excluding hydrogens is 450 g/mol. The third kappa shape index (κ3) is 4.11. The molecule has 0 saturated carbocycles. The number of aliphatic hydroxyl groups excluding tert-OH is 2. The predicted molar refractivity (Wildman–Crippen MR) is 115 cm³/mol. The van der Waals surface area contributed by atoms with Gasteiger partial charge in [0.05, 0.1) is 30.7 Å². The lowest BCUT2D eigenvalue weighted by molar-refractivity contribution is 0.0537. The van der Waals surface area contributed by atoms with E-state index in [0.29, 0.717) is 11.5 Å². The molecule has 3 aromatic heterocycles. The van der Waals surface area contributed by atoms with Crippen LogP contribution in [0.1, 0.15) is 33.4 Å². The minimum atomic E-state index is -1.67. The van der Waals surface area contributed by atoms with Crippen molar-refractivity contribution in [3.8, 4) is 5.75 Å². The quantitative estimate of drug-likeness (QED) is 0.360. The van der Waals surface area contributed by atoms with E-state index < -0.39 is 36.3 Å². The van der Waals surface area contributed by atoms with Crippen LogP contribution >= 0.6 is 0 Å². The zero-order valence-electron chi connectivity index (χ0n) is 18.4. The number of hydrogen-bond donors (Lipinski definition) is 3. The maximum absolute atomic E-state index is 14.0. The van der Waals surface area contributed by atoms with E-state index in [9.17, 15) is 23.8 Å². The first-order chi connectivity index (χ1) is 16.3. The van der Waals surface area contributed by atoms with Gasteiger partial charge in [0.2, 0.25) is 5.89 Å². The number of nitrogens with zero attached hydrogens (tertiary/aromatic N) is 3. The number of pyridine rings is 1. The Morgan fingerprint density at radius 2 is 1.88 bits per heavy atom. The summed E-state index contributed by atoms with van der Waals surface area (Å²) in [7, 11) is 0. The van der Waals surface area contributed by atoms with Gasteiger partial charge in [-0.3, -0.25) is 9.20 Å². The summed E-state index contributed by atoms with van der Waals surface area (Å²) in [4.78, 5) is 21.6. The number of rotatable bonds is 8. The van der Waals surface area contributed by atoms with Crippen molar-refractivity contribution in [2.75, 3.05) is 13.2 Å². The van der Waals surface area contributed by atoms with E-state index in [1.165, 1.54) is 16.7 Å². The molecule has 178 valence electrons. The van der Waals surface area contributed by atoms with Crippen LogP contribution in [0, 0.1) is 25.5 Å². The molecule has 11 heteroatoms. The van der Waals surface area contributed by atoms with Crippen LogP contribution in [0.2, 0.25) is 0 Å². The summed E-state index contributed by atoms with van der Waals surface area (Å²) >= 11 is 0. The first kappa shape index (κ1) is 23.3.